The van der Waals surface area contributed by atoms with Crippen LogP contribution in [0.25, 0.3) is 22.3 Å². The highest BCUT2D eigenvalue weighted by Gasteiger charge is 2.19. The molecule has 5 aromatic rings. The first kappa shape index (κ1) is 32.8. The van der Waals surface area contributed by atoms with E-state index < -0.39 is 11.8 Å². The van der Waals surface area contributed by atoms with Gasteiger partial charge in [0.25, 0.3) is 0 Å². The molecule has 1 N–H and O–H groups in total. The van der Waals surface area contributed by atoms with Gasteiger partial charge in [-0.1, -0.05) is 24.3 Å². The number of hydrogen-bond donors (Lipinski definition) is 1. The molecular formula is C38H37FN4O5. The van der Waals surface area contributed by atoms with Gasteiger partial charge in [-0.25, -0.2) is 19.2 Å². The summed E-state index contributed by atoms with van der Waals surface area (Å²) in [6.07, 6.45) is 4.58. The minimum atomic E-state index is -0.978. The van der Waals surface area contributed by atoms with Crippen LogP contribution in [-0.2, 0) is 35.5 Å². The van der Waals surface area contributed by atoms with Crippen LogP contribution in [-0.4, -0.2) is 52.5 Å². The van der Waals surface area contributed by atoms with Crippen LogP contribution in [0, 0.1) is 23.1 Å². The van der Waals surface area contributed by atoms with Gasteiger partial charge >= 0.3 is 5.97 Å². The van der Waals surface area contributed by atoms with Gasteiger partial charge in [-0.05, 0) is 85.2 Å². The van der Waals surface area contributed by atoms with E-state index in [2.05, 4.69) is 16.7 Å². The van der Waals surface area contributed by atoms with Gasteiger partial charge in [-0.2, -0.15) is 5.26 Å². The molecule has 6 rings (SSSR count). The first-order valence-corrected chi connectivity index (χ1v) is 16.1. The maximum atomic E-state index is 14.4. The van der Waals surface area contributed by atoms with Gasteiger partial charge in [0, 0.05) is 50.5 Å². The van der Waals surface area contributed by atoms with Gasteiger partial charge in [0.15, 0.2) is 0 Å². The Morgan fingerprint density at radius 3 is 2.65 bits per heavy atom. The van der Waals surface area contributed by atoms with E-state index in [1.807, 2.05) is 24.3 Å². The van der Waals surface area contributed by atoms with Crippen LogP contribution in [0.4, 0.5) is 4.39 Å². The summed E-state index contributed by atoms with van der Waals surface area (Å²) in [5, 5.41) is 18.6. The molecule has 2 aromatic heterocycles. The third kappa shape index (κ3) is 7.71. The SMILES string of the molecule is COCCn1c(Cc2ccc(-c3cccc(OCc4ccc(C#N)cc4F)n3)cc2CCC2CCOCC2)nc2ccc(C(=O)O)cc21. The number of benzene rings is 3. The number of rotatable bonds is 13. The summed E-state index contributed by atoms with van der Waals surface area (Å²) in [5.74, 6) is 0.333. The Hall–Kier alpha value is -5.11. The predicted molar refractivity (Wildman–Crippen MR) is 178 cm³/mol. The van der Waals surface area contributed by atoms with Crippen LogP contribution in [0.5, 0.6) is 5.88 Å². The van der Waals surface area contributed by atoms with Crippen molar-refractivity contribution in [3.8, 4) is 23.2 Å². The second kappa shape index (κ2) is 15.2. The standard InChI is InChI=1S/C38H37FN4O5/c1-46-18-15-43-35-21-30(38(44)45)11-12-34(35)41-36(43)22-28-9-10-29(20-27(28)7-5-25-13-16-47-17-14-25)33-3-2-4-37(42-33)48-24-31-8-6-26(23-40)19-32(31)39/h2-4,6,8-12,19-21,25H,5,7,13-18,22,24H2,1H3,(H,44,45). The van der Waals surface area contributed by atoms with Crippen molar-refractivity contribution >= 4 is 17.0 Å². The van der Waals surface area contributed by atoms with E-state index in [1.54, 1.807) is 43.5 Å². The summed E-state index contributed by atoms with van der Waals surface area (Å²) >= 11 is 0. The summed E-state index contributed by atoms with van der Waals surface area (Å²) in [7, 11) is 1.65. The number of aromatic nitrogens is 3. The molecule has 0 atom stereocenters. The molecule has 10 heteroatoms. The number of ether oxygens (including phenoxy) is 3. The number of carboxylic acid groups (broad SMARTS) is 1. The Balaban J connectivity index is 1.29. The smallest absolute Gasteiger partial charge is 0.335 e. The zero-order valence-corrected chi connectivity index (χ0v) is 26.8. The van der Waals surface area contributed by atoms with Crippen LogP contribution in [0.15, 0.2) is 72.8 Å². The topological polar surface area (TPSA) is 119 Å². The number of carboxylic acids is 1. The number of imidazole rings is 1. The largest absolute Gasteiger partial charge is 0.478 e. The maximum absolute atomic E-state index is 14.4. The Morgan fingerprint density at radius 2 is 1.88 bits per heavy atom. The molecule has 0 spiro atoms. The second-order valence-electron chi connectivity index (χ2n) is 12.0. The van der Waals surface area contributed by atoms with Gasteiger partial charge in [-0.15, -0.1) is 0 Å². The lowest BCUT2D eigenvalue weighted by Crippen LogP contribution is -2.16. The number of nitrogens with zero attached hydrogens (tertiary/aromatic N) is 4. The van der Waals surface area contributed by atoms with Crippen LogP contribution < -0.4 is 4.74 Å². The first-order valence-electron chi connectivity index (χ1n) is 16.1. The van der Waals surface area contributed by atoms with Crippen molar-refractivity contribution in [1.29, 1.82) is 5.26 Å². The number of aryl methyl sites for hydroxylation is 1. The molecule has 0 aliphatic carbocycles. The van der Waals surface area contributed by atoms with Gasteiger partial charge < -0.3 is 23.9 Å². The molecule has 1 fully saturated rings. The van der Waals surface area contributed by atoms with Gasteiger partial charge in [0.05, 0.1) is 40.5 Å². The highest BCUT2D eigenvalue weighted by atomic mass is 19.1. The molecule has 0 saturated carbocycles. The van der Waals surface area contributed by atoms with Crippen molar-refractivity contribution < 1.29 is 28.5 Å². The third-order valence-corrected chi connectivity index (χ3v) is 8.89. The number of aromatic carboxylic acids is 1. The van der Waals surface area contributed by atoms with Crippen molar-refractivity contribution in [2.75, 3.05) is 26.9 Å². The van der Waals surface area contributed by atoms with Crippen molar-refractivity contribution in [3.63, 3.8) is 0 Å². The molecule has 1 aliphatic rings. The normalized spacial score (nSPS) is 13.4. The van der Waals surface area contributed by atoms with E-state index in [1.165, 1.54) is 11.6 Å². The number of carbonyl (C=O) groups is 1. The number of hydrogen-bond acceptors (Lipinski definition) is 7. The van der Waals surface area contributed by atoms with Crippen molar-refractivity contribution in [1.82, 2.24) is 14.5 Å². The quantitative estimate of drug-likeness (QED) is 0.145. The molecule has 3 aromatic carbocycles. The molecule has 3 heterocycles. The molecule has 48 heavy (non-hydrogen) atoms. The molecule has 0 bridgehead atoms. The van der Waals surface area contributed by atoms with Crippen LogP contribution in [0.1, 0.15) is 57.7 Å². The summed E-state index contributed by atoms with van der Waals surface area (Å²) in [6, 6.07) is 23.2. The highest BCUT2D eigenvalue weighted by Crippen LogP contribution is 2.29. The molecule has 1 saturated heterocycles. The molecule has 246 valence electrons. The predicted octanol–water partition coefficient (Wildman–Crippen LogP) is 6.98. The Kier molecular flexibility index (Phi) is 10.4. The fraction of sp³-hybridized carbons (Fsp3) is 0.316. The molecule has 1 aliphatic heterocycles. The van der Waals surface area contributed by atoms with Crippen molar-refractivity contribution in [2.24, 2.45) is 5.92 Å². The number of fused-ring (bicyclic) bond motifs is 1. The monoisotopic (exact) mass is 648 g/mol. The van der Waals surface area contributed by atoms with Gasteiger partial charge in [0.1, 0.15) is 18.2 Å². The summed E-state index contributed by atoms with van der Waals surface area (Å²) in [5.41, 5.74) is 6.34. The Labute approximate surface area is 278 Å². The number of halogens is 1. The average Bonchev–Trinajstić information content (AvgIpc) is 3.46. The van der Waals surface area contributed by atoms with Crippen molar-refractivity contribution in [2.45, 2.75) is 45.3 Å². The van der Waals surface area contributed by atoms with Crippen LogP contribution in [0.2, 0.25) is 0 Å². The second-order valence-corrected chi connectivity index (χ2v) is 12.0. The number of methoxy groups -OCH3 is 1. The minimum Gasteiger partial charge on any atom is -0.478 e. The average molecular weight is 649 g/mol. The van der Waals surface area contributed by atoms with Crippen LogP contribution >= 0.6 is 0 Å². The van der Waals surface area contributed by atoms with Crippen molar-refractivity contribution in [3.05, 3.63) is 112 Å². The van der Waals surface area contributed by atoms with E-state index in [0.29, 0.717) is 36.9 Å². The molecule has 0 amide bonds. The first-order chi connectivity index (χ1) is 23.4. The fourth-order valence-corrected chi connectivity index (χ4v) is 6.17. The van der Waals surface area contributed by atoms with E-state index in [-0.39, 0.29) is 17.7 Å². The van der Waals surface area contributed by atoms with E-state index in [9.17, 15) is 14.3 Å². The van der Waals surface area contributed by atoms with Crippen LogP contribution in [0.3, 0.4) is 0 Å². The molecular weight excluding hydrogens is 611 g/mol. The van der Waals surface area contributed by atoms with E-state index >= 15 is 0 Å². The molecule has 0 unspecified atom stereocenters. The summed E-state index contributed by atoms with van der Waals surface area (Å²) in [4.78, 5) is 21.4. The Bertz CT molecular complexity index is 1960. The number of pyridine rings is 1. The lowest BCUT2D eigenvalue weighted by Gasteiger charge is -2.22. The maximum Gasteiger partial charge on any atom is 0.335 e. The summed E-state index contributed by atoms with van der Waals surface area (Å²) in [6.45, 7) is 2.59. The lowest BCUT2D eigenvalue weighted by atomic mass is 9.89. The van der Waals surface area contributed by atoms with E-state index in [0.717, 1.165) is 72.6 Å². The van der Waals surface area contributed by atoms with E-state index in [4.69, 9.17) is 29.4 Å². The fourth-order valence-electron chi connectivity index (χ4n) is 6.17. The Morgan fingerprint density at radius 1 is 1.04 bits per heavy atom. The highest BCUT2D eigenvalue weighted by molar-refractivity contribution is 5.92. The van der Waals surface area contributed by atoms with Gasteiger partial charge in [0.2, 0.25) is 5.88 Å². The zero-order chi connectivity index (χ0) is 33.5. The minimum absolute atomic E-state index is 0.0126. The number of nitriles is 1. The molecule has 0 radical (unpaired) electrons. The van der Waals surface area contributed by atoms with Gasteiger partial charge in [-0.3, -0.25) is 0 Å². The lowest BCUT2D eigenvalue weighted by molar-refractivity contribution is 0.0640. The third-order valence-electron chi connectivity index (χ3n) is 8.89. The zero-order valence-electron chi connectivity index (χ0n) is 26.8. The summed E-state index contributed by atoms with van der Waals surface area (Å²) < 4.78 is 33.3. The molecule has 9 nitrogen and oxygen atoms in total.